The number of azo groups is 1. The number of carbonyl (C=O) groups is 1. The van der Waals surface area contributed by atoms with Crippen molar-refractivity contribution in [2.45, 2.75) is 6.04 Å². The molecule has 2 heterocycles. The molecule has 1 unspecified atom stereocenters. The van der Waals surface area contributed by atoms with Crippen LogP contribution in [-0.2, 0) is 4.79 Å². The van der Waals surface area contributed by atoms with E-state index in [1.54, 1.807) is 0 Å². The van der Waals surface area contributed by atoms with E-state index in [0.29, 0.717) is 0 Å². The fourth-order valence-electron chi connectivity index (χ4n) is 2.39. The number of benzene rings is 1. The highest BCUT2D eigenvalue weighted by molar-refractivity contribution is 5.87. The molecular formula is C12H14N4O. The van der Waals surface area contributed by atoms with Crippen LogP contribution in [0.2, 0.25) is 0 Å². The summed E-state index contributed by atoms with van der Waals surface area (Å²) >= 11 is 0. The van der Waals surface area contributed by atoms with Gasteiger partial charge in [0.25, 0.3) is 5.91 Å². The summed E-state index contributed by atoms with van der Waals surface area (Å²) in [6.45, 7) is 3.59. The molecule has 0 spiro atoms. The summed E-state index contributed by atoms with van der Waals surface area (Å²) in [5, 5.41) is 11.0. The molecule has 2 aliphatic heterocycles. The number of rotatable bonds is 1. The fourth-order valence-corrected chi connectivity index (χ4v) is 2.39. The Morgan fingerprint density at radius 1 is 1.18 bits per heavy atom. The number of nitrogens with zero attached hydrogens (tertiary/aromatic N) is 3. The zero-order chi connectivity index (χ0) is 11.7. The molecule has 1 fully saturated rings. The molecule has 0 aliphatic carbocycles. The van der Waals surface area contributed by atoms with E-state index in [9.17, 15) is 4.79 Å². The van der Waals surface area contributed by atoms with Crippen LogP contribution in [0.15, 0.2) is 34.5 Å². The van der Waals surface area contributed by atoms with Gasteiger partial charge >= 0.3 is 0 Å². The van der Waals surface area contributed by atoms with Crippen molar-refractivity contribution in [1.29, 1.82) is 0 Å². The lowest BCUT2D eigenvalue weighted by Gasteiger charge is -2.34. The summed E-state index contributed by atoms with van der Waals surface area (Å²) in [4.78, 5) is 14.1. The quantitative estimate of drug-likeness (QED) is 0.790. The van der Waals surface area contributed by atoms with Crippen molar-refractivity contribution in [3.05, 3.63) is 29.8 Å². The molecule has 1 atom stereocenters. The summed E-state index contributed by atoms with van der Waals surface area (Å²) < 4.78 is 0. The van der Waals surface area contributed by atoms with Crippen LogP contribution in [0.4, 0.5) is 5.69 Å². The third kappa shape index (κ3) is 1.87. The number of fused-ring (bicyclic) bond motifs is 1. The number of carbonyl (C=O) groups excluding carboxylic acids is 1. The Kier molecular flexibility index (Phi) is 2.70. The van der Waals surface area contributed by atoms with Gasteiger partial charge in [-0.1, -0.05) is 18.2 Å². The first-order valence-electron chi connectivity index (χ1n) is 5.85. The Morgan fingerprint density at radius 3 is 2.76 bits per heavy atom. The Morgan fingerprint density at radius 2 is 1.94 bits per heavy atom. The molecule has 1 aromatic rings. The maximum atomic E-state index is 11.9. The molecule has 0 aromatic heterocycles. The number of piperazine rings is 1. The maximum absolute atomic E-state index is 11.9. The van der Waals surface area contributed by atoms with Crippen LogP contribution >= 0.6 is 0 Å². The van der Waals surface area contributed by atoms with E-state index in [2.05, 4.69) is 20.4 Å². The van der Waals surface area contributed by atoms with Gasteiger partial charge in [-0.3, -0.25) is 9.69 Å². The molecule has 1 saturated heterocycles. The van der Waals surface area contributed by atoms with Crippen molar-refractivity contribution < 1.29 is 4.79 Å². The van der Waals surface area contributed by atoms with Gasteiger partial charge in [-0.2, -0.15) is 0 Å². The normalized spacial score (nSPS) is 24.7. The van der Waals surface area contributed by atoms with Gasteiger partial charge in [-0.25, -0.2) is 0 Å². The minimum absolute atomic E-state index is 0.148. The lowest BCUT2D eigenvalue weighted by atomic mass is 10.0. The highest BCUT2D eigenvalue weighted by Gasteiger charge is 2.32. The largest absolute Gasteiger partial charge is 0.314 e. The first-order chi connectivity index (χ1) is 8.36. The van der Waals surface area contributed by atoms with Gasteiger partial charge in [0.1, 0.15) is 6.04 Å². The van der Waals surface area contributed by atoms with Gasteiger partial charge in [-0.15, -0.1) is 10.2 Å². The van der Waals surface area contributed by atoms with Gasteiger partial charge < -0.3 is 5.32 Å². The van der Waals surface area contributed by atoms with Crippen molar-refractivity contribution >= 4 is 11.6 Å². The van der Waals surface area contributed by atoms with E-state index in [4.69, 9.17) is 0 Å². The summed E-state index contributed by atoms with van der Waals surface area (Å²) in [7, 11) is 0. The molecule has 5 nitrogen and oxygen atoms in total. The summed E-state index contributed by atoms with van der Waals surface area (Å²) in [5.41, 5.74) is 1.80. The van der Waals surface area contributed by atoms with E-state index in [0.717, 1.165) is 37.4 Å². The first kappa shape index (κ1) is 10.6. The average molecular weight is 230 g/mol. The Labute approximate surface area is 99.5 Å². The van der Waals surface area contributed by atoms with Crippen molar-refractivity contribution in [1.82, 2.24) is 10.2 Å². The highest BCUT2D eigenvalue weighted by Crippen LogP contribution is 2.34. The van der Waals surface area contributed by atoms with Crippen molar-refractivity contribution in [2.24, 2.45) is 10.2 Å². The lowest BCUT2D eigenvalue weighted by molar-refractivity contribution is -0.124. The van der Waals surface area contributed by atoms with Crippen LogP contribution in [0.3, 0.4) is 0 Å². The maximum Gasteiger partial charge on any atom is 0.286 e. The van der Waals surface area contributed by atoms with Gasteiger partial charge in [0, 0.05) is 31.7 Å². The molecule has 1 amide bonds. The second kappa shape index (κ2) is 4.35. The molecule has 17 heavy (non-hydrogen) atoms. The van der Waals surface area contributed by atoms with E-state index in [1.165, 1.54) is 0 Å². The van der Waals surface area contributed by atoms with Crippen LogP contribution in [0, 0.1) is 0 Å². The third-order valence-corrected chi connectivity index (χ3v) is 3.24. The van der Waals surface area contributed by atoms with Gasteiger partial charge in [0.05, 0.1) is 5.69 Å². The number of hydrogen-bond donors (Lipinski definition) is 1. The SMILES string of the molecule is O=C1N=Nc2ccccc2C1N1CCNCC1. The zero-order valence-electron chi connectivity index (χ0n) is 9.47. The second-order valence-electron chi connectivity index (χ2n) is 4.29. The van der Waals surface area contributed by atoms with Crippen molar-refractivity contribution in [3.8, 4) is 0 Å². The van der Waals surface area contributed by atoms with E-state index in [-0.39, 0.29) is 11.9 Å². The number of amides is 1. The molecule has 1 N–H and O–H groups in total. The van der Waals surface area contributed by atoms with Crippen LogP contribution in [0.5, 0.6) is 0 Å². The summed E-state index contributed by atoms with van der Waals surface area (Å²) in [6.07, 6.45) is 0. The average Bonchev–Trinajstić information content (AvgIpc) is 2.39. The lowest BCUT2D eigenvalue weighted by Crippen LogP contribution is -2.47. The molecule has 0 radical (unpaired) electrons. The topological polar surface area (TPSA) is 57.1 Å². The van der Waals surface area contributed by atoms with Gasteiger partial charge in [0.15, 0.2) is 0 Å². The molecule has 2 aliphatic rings. The highest BCUT2D eigenvalue weighted by atomic mass is 16.2. The summed E-state index contributed by atoms with van der Waals surface area (Å²) in [5.74, 6) is -0.148. The van der Waals surface area contributed by atoms with Crippen LogP contribution < -0.4 is 5.32 Å². The predicted molar refractivity (Wildman–Crippen MR) is 63.1 cm³/mol. The van der Waals surface area contributed by atoms with Gasteiger partial charge in [0.2, 0.25) is 0 Å². The Hall–Kier alpha value is -1.59. The molecule has 88 valence electrons. The van der Waals surface area contributed by atoms with Crippen molar-refractivity contribution in [3.63, 3.8) is 0 Å². The third-order valence-electron chi connectivity index (χ3n) is 3.24. The van der Waals surface area contributed by atoms with Crippen LogP contribution in [0.1, 0.15) is 11.6 Å². The van der Waals surface area contributed by atoms with Gasteiger partial charge in [-0.05, 0) is 6.07 Å². The predicted octanol–water partition coefficient (Wildman–Crippen LogP) is 1.26. The van der Waals surface area contributed by atoms with E-state index >= 15 is 0 Å². The monoisotopic (exact) mass is 230 g/mol. The summed E-state index contributed by atoms with van der Waals surface area (Å²) in [6, 6.07) is 7.49. The smallest absolute Gasteiger partial charge is 0.286 e. The fraction of sp³-hybridized carbons (Fsp3) is 0.417. The van der Waals surface area contributed by atoms with Crippen LogP contribution in [0.25, 0.3) is 0 Å². The molecule has 1 aromatic carbocycles. The molecule has 5 heteroatoms. The second-order valence-corrected chi connectivity index (χ2v) is 4.29. The zero-order valence-corrected chi connectivity index (χ0v) is 9.47. The van der Waals surface area contributed by atoms with E-state index in [1.807, 2.05) is 24.3 Å². The standard InChI is InChI=1S/C12H14N4O/c17-12-11(16-7-5-13-6-8-16)9-3-1-2-4-10(9)14-15-12/h1-4,11,13H,5-8H2. The Bertz CT molecular complexity index is 465. The number of nitrogens with one attached hydrogen (secondary N) is 1. The van der Waals surface area contributed by atoms with Crippen LogP contribution in [-0.4, -0.2) is 37.0 Å². The first-order valence-corrected chi connectivity index (χ1v) is 5.85. The molecule has 0 saturated carbocycles. The minimum atomic E-state index is -0.245. The molecular weight excluding hydrogens is 216 g/mol. The minimum Gasteiger partial charge on any atom is -0.314 e. The molecule has 3 rings (SSSR count). The van der Waals surface area contributed by atoms with Crippen molar-refractivity contribution in [2.75, 3.05) is 26.2 Å². The molecule has 0 bridgehead atoms. The Balaban J connectivity index is 1.97. The number of hydrogen-bond acceptors (Lipinski definition) is 4. The van der Waals surface area contributed by atoms with E-state index < -0.39 is 0 Å².